The van der Waals surface area contributed by atoms with E-state index in [4.69, 9.17) is 27.9 Å². The molecule has 1 amide bonds. The van der Waals surface area contributed by atoms with Crippen LogP contribution in [0.15, 0.2) is 83.3 Å². The minimum atomic E-state index is -0.736. The molecule has 4 rings (SSSR count). The summed E-state index contributed by atoms with van der Waals surface area (Å²) in [5, 5.41) is 13.0. The first-order valence-corrected chi connectivity index (χ1v) is 10.3. The Morgan fingerprint density at radius 3 is 2.52 bits per heavy atom. The first kappa shape index (κ1) is 22.1. The highest BCUT2D eigenvalue weighted by Crippen LogP contribution is 2.26. The smallest absolute Gasteiger partial charge is 0.269 e. The molecular formula is C24H14Cl2N4O3. The maximum atomic E-state index is 13.2. The van der Waals surface area contributed by atoms with Crippen LogP contribution in [-0.2, 0) is 4.79 Å². The molecule has 1 N–H and O–H groups in total. The Kier molecular flexibility index (Phi) is 6.41. The first-order valence-electron chi connectivity index (χ1n) is 9.59. The standard InChI is InChI=1S/C24H14Cl2N4O3/c25-16-8-10-17(11-9-16)33-23-18(24(32)30-12-4-3-7-21(30)29-23)13-15(14-27)22(31)28-20-6-2-1-5-19(20)26/h1-13H,(H,28,31)/b15-13-. The lowest BCUT2D eigenvalue weighted by Crippen LogP contribution is -2.20. The van der Waals surface area contributed by atoms with Crippen LogP contribution in [0.2, 0.25) is 10.0 Å². The zero-order valence-corrected chi connectivity index (χ0v) is 18.3. The molecule has 9 heteroatoms. The minimum absolute atomic E-state index is 0.0631. The van der Waals surface area contributed by atoms with Gasteiger partial charge in [-0.1, -0.05) is 41.4 Å². The van der Waals surface area contributed by atoms with Gasteiger partial charge in [0.15, 0.2) is 0 Å². The Bertz CT molecular complexity index is 1490. The lowest BCUT2D eigenvalue weighted by molar-refractivity contribution is -0.112. The predicted molar refractivity (Wildman–Crippen MR) is 127 cm³/mol. The van der Waals surface area contributed by atoms with E-state index in [9.17, 15) is 14.9 Å². The zero-order valence-electron chi connectivity index (χ0n) is 16.8. The molecular weight excluding hydrogens is 463 g/mol. The highest BCUT2D eigenvalue weighted by molar-refractivity contribution is 6.34. The van der Waals surface area contributed by atoms with Gasteiger partial charge in [0.1, 0.15) is 28.6 Å². The van der Waals surface area contributed by atoms with Gasteiger partial charge in [-0.3, -0.25) is 14.0 Å². The molecule has 0 aliphatic rings. The van der Waals surface area contributed by atoms with Crippen LogP contribution in [0.5, 0.6) is 11.6 Å². The van der Waals surface area contributed by atoms with Gasteiger partial charge >= 0.3 is 0 Å². The Hall–Kier alpha value is -4.12. The number of para-hydroxylation sites is 1. The van der Waals surface area contributed by atoms with E-state index in [-0.39, 0.29) is 17.0 Å². The molecule has 0 radical (unpaired) electrons. The van der Waals surface area contributed by atoms with Gasteiger partial charge in [-0.05, 0) is 54.6 Å². The van der Waals surface area contributed by atoms with Crippen molar-refractivity contribution in [3.05, 3.63) is 104 Å². The van der Waals surface area contributed by atoms with Crippen LogP contribution in [0, 0.1) is 11.3 Å². The number of amides is 1. The third-order valence-electron chi connectivity index (χ3n) is 4.54. The van der Waals surface area contributed by atoms with Gasteiger partial charge in [0.05, 0.1) is 10.7 Å². The third kappa shape index (κ3) is 4.88. The summed E-state index contributed by atoms with van der Waals surface area (Å²) in [5.74, 6) is -0.423. The second-order valence-electron chi connectivity index (χ2n) is 6.72. The van der Waals surface area contributed by atoms with Crippen LogP contribution >= 0.6 is 23.2 Å². The quantitative estimate of drug-likeness (QED) is 0.309. The van der Waals surface area contributed by atoms with E-state index < -0.39 is 11.5 Å². The summed E-state index contributed by atoms with van der Waals surface area (Å²) in [7, 11) is 0. The molecule has 2 aromatic carbocycles. The summed E-state index contributed by atoms with van der Waals surface area (Å²) < 4.78 is 7.12. The average molecular weight is 477 g/mol. The average Bonchev–Trinajstić information content (AvgIpc) is 2.82. The molecule has 7 nitrogen and oxygen atoms in total. The van der Waals surface area contributed by atoms with Crippen LogP contribution in [0.25, 0.3) is 11.7 Å². The summed E-state index contributed by atoms with van der Waals surface area (Å²) in [6.45, 7) is 0. The van der Waals surface area contributed by atoms with Gasteiger partial charge in [0.2, 0.25) is 5.88 Å². The molecule has 0 bridgehead atoms. The van der Waals surface area contributed by atoms with Gasteiger partial charge in [-0.25, -0.2) is 0 Å². The maximum absolute atomic E-state index is 13.2. The van der Waals surface area contributed by atoms with Crippen LogP contribution in [0.4, 0.5) is 5.69 Å². The van der Waals surface area contributed by atoms with Crippen molar-refractivity contribution in [2.45, 2.75) is 0 Å². The lowest BCUT2D eigenvalue weighted by atomic mass is 10.1. The number of rotatable bonds is 5. The Balaban J connectivity index is 1.81. The molecule has 2 aromatic heterocycles. The molecule has 0 atom stereocenters. The number of hydrogen-bond donors (Lipinski definition) is 1. The summed E-state index contributed by atoms with van der Waals surface area (Å²) in [5.41, 5.74) is -0.244. The SMILES string of the molecule is N#C/C(=C/c1c(Oc2ccc(Cl)cc2)nc2ccccn2c1=O)C(=O)Nc1ccccc1Cl. The lowest BCUT2D eigenvalue weighted by Gasteiger charge is -2.11. The number of ether oxygens (including phenoxy) is 1. The number of pyridine rings is 1. The molecule has 0 aliphatic heterocycles. The molecule has 0 saturated heterocycles. The summed E-state index contributed by atoms with van der Waals surface area (Å²) in [4.78, 5) is 30.3. The van der Waals surface area contributed by atoms with Crippen molar-refractivity contribution in [3.63, 3.8) is 0 Å². The number of carbonyl (C=O) groups is 1. The molecule has 0 fully saturated rings. The fourth-order valence-electron chi connectivity index (χ4n) is 2.94. The number of aromatic nitrogens is 2. The third-order valence-corrected chi connectivity index (χ3v) is 5.12. The number of nitrogens with one attached hydrogen (secondary N) is 1. The number of fused-ring (bicyclic) bond motifs is 1. The van der Waals surface area contributed by atoms with Crippen molar-refractivity contribution in [1.82, 2.24) is 9.38 Å². The topological polar surface area (TPSA) is 96.5 Å². The number of nitriles is 1. The number of nitrogens with zero attached hydrogens (tertiary/aromatic N) is 3. The van der Waals surface area contributed by atoms with Gasteiger partial charge in [-0.2, -0.15) is 10.2 Å². The Labute approximate surface area is 198 Å². The van der Waals surface area contributed by atoms with E-state index in [0.29, 0.717) is 27.1 Å². The van der Waals surface area contributed by atoms with Gasteiger partial charge in [0, 0.05) is 11.2 Å². The van der Waals surface area contributed by atoms with E-state index in [2.05, 4.69) is 10.3 Å². The van der Waals surface area contributed by atoms with Crippen molar-refractivity contribution in [1.29, 1.82) is 5.26 Å². The largest absolute Gasteiger partial charge is 0.438 e. The van der Waals surface area contributed by atoms with Crippen LogP contribution in [0.3, 0.4) is 0 Å². The molecule has 2 heterocycles. The number of benzene rings is 2. The Morgan fingerprint density at radius 1 is 1.06 bits per heavy atom. The normalized spacial score (nSPS) is 11.1. The molecule has 4 aromatic rings. The fourth-order valence-corrected chi connectivity index (χ4v) is 3.25. The number of halogens is 2. The molecule has 33 heavy (non-hydrogen) atoms. The first-order chi connectivity index (χ1) is 16.0. The van der Waals surface area contributed by atoms with Crippen LogP contribution in [0.1, 0.15) is 5.56 Å². The van der Waals surface area contributed by atoms with Gasteiger partial charge in [-0.15, -0.1) is 0 Å². The summed E-state index contributed by atoms with van der Waals surface area (Å²) in [6.07, 6.45) is 2.68. The van der Waals surface area contributed by atoms with Crippen molar-refractivity contribution in [2.24, 2.45) is 0 Å². The van der Waals surface area contributed by atoms with Gasteiger partial charge in [0.25, 0.3) is 11.5 Å². The highest BCUT2D eigenvalue weighted by atomic mass is 35.5. The molecule has 0 spiro atoms. The van der Waals surface area contributed by atoms with E-state index in [1.807, 2.05) is 6.07 Å². The minimum Gasteiger partial charge on any atom is -0.438 e. The summed E-state index contributed by atoms with van der Waals surface area (Å²) >= 11 is 12.0. The monoisotopic (exact) mass is 476 g/mol. The molecule has 0 saturated carbocycles. The van der Waals surface area contributed by atoms with Gasteiger partial charge < -0.3 is 10.1 Å². The predicted octanol–water partition coefficient (Wildman–Crippen LogP) is 5.34. The molecule has 0 aliphatic carbocycles. The molecule has 162 valence electrons. The zero-order chi connectivity index (χ0) is 23.4. The number of carbonyl (C=O) groups excluding carboxylic acids is 1. The van der Waals surface area contributed by atoms with E-state index in [1.54, 1.807) is 66.7 Å². The van der Waals surface area contributed by atoms with Crippen LogP contribution in [-0.4, -0.2) is 15.3 Å². The van der Waals surface area contributed by atoms with Crippen molar-refractivity contribution in [2.75, 3.05) is 5.32 Å². The van der Waals surface area contributed by atoms with E-state index in [1.165, 1.54) is 10.6 Å². The second-order valence-corrected chi connectivity index (χ2v) is 7.57. The Morgan fingerprint density at radius 2 is 1.79 bits per heavy atom. The van der Waals surface area contributed by atoms with Crippen molar-refractivity contribution < 1.29 is 9.53 Å². The summed E-state index contributed by atoms with van der Waals surface area (Å²) in [6, 6.07) is 19.9. The fraction of sp³-hybridized carbons (Fsp3) is 0. The van der Waals surface area contributed by atoms with Crippen molar-refractivity contribution in [3.8, 4) is 17.7 Å². The molecule has 0 unspecified atom stereocenters. The number of hydrogen-bond acceptors (Lipinski definition) is 5. The van der Waals surface area contributed by atoms with Crippen molar-refractivity contribution >= 4 is 46.5 Å². The maximum Gasteiger partial charge on any atom is 0.269 e. The van der Waals surface area contributed by atoms with E-state index in [0.717, 1.165) is 6.08 Å². The van der Waals surface area contributed by atoms with Crippen LogP contribution < -0.4 is 15.6 Å². The van der Waals surface area contributed by atoms with E-state index >= 15 is 0 Å². The number of anilines is 1. The highest BCUT2D eigenvalue weighted by Gasteiger charge is 2.18. The second kappa shape index (κ2) is 9.57.